The van der Waals surface area contributed by atoms with Gasteiger partial charge in [-0.1, -0.05) is 18.2 Å². The average molecular weight is 264 g/mol. The van der Waals surface area contributed by atoms with Gasteiger partial charge in [0.15, 0.2) is 0 Å². The number of benzene rings is 1. The first-order valence-electron chi connectivity index (χ1n) is 6.19. The minimum Gasteiger partial charge on any atom is -0.480 e. The van der Waals surface area contributed by atoms with Crippen molar-refractivity contribution in [2.24, 2.45) is 0 Å². The zero-order valence-electron chi connectivity index (χ0n) is 11.5. The fraction of sp³-hybridized carbons (Fsp3) is 0.429. The minimum atomic E-state index is -0.939. The molecule has 5 heteroatoms. The van der Waals surface area contributed by atoms with E-state index in [9.17, 15) is 9.59 Å². The summed E-state index contributed by atoms with van der Waals surface area (Å²) >= 11 is 0. The summed E-state index contributed by atoms with van der Waals surface area (Å²) in [6.07, 6.45) is 0. The van der Waals surface area contributed by atoms with Gasteiger partial charge in [-0.05, 0) is 33.0 Å². The maximum atomic E-state index is 12.3. The second-order valence-electron chi connectivity index (χ2n) is 4.76. The third-order valence-electron chi connectivity index (χ3n) is 2.63. The molecule has 0 saturated carbocycles. The quantitative estimate of drug-likeness (QED) is 0.844. The Hall–Kier alpha value is -1.88. The van der Waals surface area contributed by atoms with Crippen molar-refractivity contribution < 1.29 is 14.7 Å². The number of hydrogen-bond donors (Lipinski definition) is 1. The summed E-state index contributed by atoms with van der Waals surface area (Å²) < 4.78 is 0. The smallest absolute Gasteiger partial charge is 0.317 e. The van der Waals surface area contributed by atoms with E-state index in [1.165, 1.54) is 4.90 Å². The van der Waals surface area contributed by atoms with Gasteiger partial charge in [0.05, 0.1) is 13.1 Å². The molecule has 1 aromatic carbocycles. The van der Waals surface area contributed by atoms with E-state index in [-0.39, 0.29) is 25.0 Å². The predicted octanol–water partition coefficient (Wildman–Crippen LogP) is 1.44. The number of carboxylic acid groups (broad SMARTS) is 1. The van der Waals surface area contributed by atoms with E-state index < -0.39 is 5.97 Å². The van der Waals surface area contributed by atoms with Crippen molar-refractivity contribution in [3.05, 3.63) is 30.3 Å². The molecule has 0 heterocycles. The fourth-order valence-corrected chi connectivity index (χ4v) is 1.91. The molecular formula is C14H20N2O3. The monoisotopic (exact) mass is 264 g/mol. The maximum absolute atomic E-state index is 12.3. The molecule has 0 unspecified atom stereocenters. The predicted molar refractivity (Wildman–Crippen MR) is 74.2 cm³/mol. The first-order chi connectivity index (χ1) is 8.91. The highest BCUT2D eigenvalue weighted by atomic mass is 16.4. The molecule has 19 heavy (non-hydrogen) atoms. The van der Waals surface area contributed by atoms with Crippen LogP contribution in [0.3, 0.4) is 0 Å². The van der Waals surface area contributed by atoms with Crippen LogP contribution in [-0.2, 0) is 9.59 Å². The molecule has 0 saturated heterocycles. The Bertz CT molecular complexity index is 432. The molecule has 0 aliphatic carbocycles. The Kier molecular flexibility index (Phi) is 5.51. The van der Waals surface area contributed by atoms with Crippen molar-refractivity contribution in [1.29, 1.82) is 0 Å². The first-order valence-corrected chi connectivity index (χ1v) is 6.19. The minimum absolute atomic E-state index is 0.0214. The van der Waals surface area contributed by atoms with E-state index in [1.807, 2.05) is 44.2 Å². The average Bonchev–Trinajstić information content (AvgIpc) is 2.28. The molecule has 104 valence electrons. The molecule has 0 aliphatic rings. The van der Waals surface area contributed by atoms with Crippen molar-refractivity contribution in [2.75, 3.05) is 25.0 Å². The lowest BCUT2D eigenvalue weighted by molar-refractivity contribution is -0.138. The highest BCUT2D eigenvalue weighted by Gasteiger charge is 2.20. The largest absolute Gasteiger partial charge is 0.480 e. The molecular weight excluding hydrogens is 244 g/mol. The highest BCUT2D eigenvalue weighted by molar-refractivity contribution is 5.95. The Balaban J connectivity index is 2.78. The molecule has 0 radical (unpaired) electrons. The van der Waals surface area contributed by atoms with Crippen LogP contribution in [0.5, 0.6) is 0 Å². The summed E-state index contributed by atoms with van der Waals surface area (Å²) in [4.78, 5) is 26.0. The lowest BCUT2D eigenvalue weighted by Gasteiger charge is -2.28. The number of para-hydroxylation sites is 1. The van der Waals surface area contributed by atoms with Crippen LogP contribution in [0, 0.1) is 0 Å². The second-order valence-corrected chi connectivity index (χ2v) is 4.76. The first kappa shape index (κ1) is 15.2. The molecule has 0 aliphatic heterocycles. The van der Waals surface area contributed by atoms with Crippen molar-refractivity contribution in [3.63, 3.8) is 0 Å². The standard InChI is InChI=1S/C14H20N2O3/c1-11(2)16(12-7-5-4-6-8-12)13(17)9-15(3)10-14(18)19/h4-8,11H,9-10H2,1-3H3,(H,18,19). The molecule has 1 N–H and O–H groups in total. The van der Waals surface area contributed by atoms with E-state index in [1.54, 1.807) is 11.9 Å². The van der Waals surface area contributed by atoms with Gasteiger partial charge in [-0.25, -0.2) is 0 Å². The Labute approximate surface area is 113 Å². The van der Waals surface area contributed by atoms with E-state index in [0.29, 0.717) is 0 Å². The van der Waals surface area contributed by atoms with Gasteiger partial charge in [0.2, 0.25) is 5.91 Å². The molecule has 1 rings (SSSR count). The number of hydrogen-bond acceptors (Lipinski definition) is 3. The number of carboxylic acids is 1. The molecule has 0 fully saturated rings. The number of likely N-dealkylation sites (N-methyl/N-ethyl adjacent to an activating group) is 1. The number of nitrogens with zero attached hydrogens (tertiary/aromatic N) is 2. The number of anilines is 1. The number of rotatable bonds is 6. The summed E-state index contributed by atoms with van der Waals surface area (Å²) in [5, 5.41) is 8.70. The summed E-state index contributed by atoms with van der Waals surface area (Å²) in [5.74, 6) is -1.05. The number of carbonyl (C=O) groups excluding carboxylic acids is 1. The number of amides is 1. The van der Waals surface area contributed by atoms with Crippen LogP contribution in [0.4, 0.5) is 5.69 Å². The van der Waals surface area contributed by atoms with Gasteiger partial charge in [-0.3, -0.25) is 14.5 Å². The topological polar surface area (TPSA) is 60.9 Å². The van der Waals surface area contributed by atoms with Gasteiger partial charge in [-0.15, -0.1) is 0 Å². The molecule has 0 atom stereocenters. The van der Waals surface area contributed by atoms with Crippen molar-refractivity contribution in [1.82, 2.24) is 4.90 Å². The van der Waals surface area contributed by atoms with Crippen molar-refractivity contribution >= 4 is 17.6 Å². The highest BCUT2D eigenvalue weighted by Crippen LogP contribution is 2.16. The van der Waals surface area contributed by atoms with Gasteiger partial charge < -0.3 is 10.0 Å². The number of aliphatic carboxylic acids is 1. The Morgan fingerprint density at radius 1 is 1.16 bits per heavy atom. The molecule has 0 aromatic heterocycles. The summed E-state index contributed by atoms with van der Waals surface area (Å²) in [6, 6.07) is 9.40. The van der Waals surface area contributed by atoms with E-state index in [0.717, 1.165) is 5.69 Å². The Morgan fingerprint density at radius 2 is 1.74 bits per heavy atom. The van der Waals surface area contributed by atoms with Gasteiger partial charge in [0.25, 0.3) is 0 Å². The van der Waals surface area contributed by atoms with Crippen LogP contribution < -0.4 is 4.90 Å². The van der Waals surface area contributed by atoms with Crippen LogP contribution in [0.2, 0.25) is 0 Å². The normalized spacial score (nSPS) is 10.8. The zero-order valence-corrected chi connectivity index (χ0v) is 11.5. The molecule has 0 bridgehead atoms. The summed E-state index contributed by atoms with van der Waals surface area (Å²) in [6.45, 7) is 3.80. The van der Waals surface area contributed by atoms with E-state index >= 15 is 0 Å². The maximum Gasteiger partial charge on any atom is 0.317 e. The lowest BCUT2D eigenvalue weighted by Crippen LogP contribution is -2.44. The molecule has 1 amide bonds. The van der Waals surface area contributed by atoms with Gasteiger partial charge in [-0.2, -0.15) is 0 Å². The molecule has 0 spiro atoms. The fourth-order valence-electron chi connectivity index (χ4n) is 1.91. The summed E-state index contributed by atoms with van der Waals surface area (Å²) in [7, 11) is 1.62. The third kappa shape index (κ3) is 4.71. The molecule has 1 aromatic rings. The van der Waals surface area contributed by atoms with Crippen LogP contribution in [-0.4, -0.2) is 48.1 Å². The van der Waals surface area contributed by atoms with Gasteiger partial charge in [0, 0.05) is 11.7 Å². The third-order valence-corrected chi connectivity index (χ3v) is 2.63. The summed E-state index contributed by atoms with van der Waals surface area (Å²) in [5.41, 5.74) is 0.825. The van der Waals surface area contributed by atoms with Gasteiger partial charge >= 0.3 is 5.97 Å². The van der Waals surface area contributed by atoms with Crippen molar-refractivity contribution in [2.45, 2.75) is 19.9 Å². The van der Waals surface area contributed by atoms with E-state index in [2.05, 4.69) is 0 Å². The van der Waals surface area contributed by atoms with Gasteiger partial charge in [0.1, 0.15) is 0 Å². The Morgan fingerprint density at radius 3 is 2.21 bits per heavy atom. The molecule has 5 nitrogen and oxygen atoms in total. The van der Waals surface area contributed by atoms with Crippen LogP contribution in [0.15, 0.2) is 30.3 Å². The van der Waals surface area contributed by atoms with E-state index in [4.69, 9.17) is 5.11 Å². The zero-order chi connectivity index (χ0) is 14.4. The SMILES string of the molecule is CC(C)N(C(=O)CN(C)CC(=O)O)c1ccccc1. The van der Waals surface area contributed by atoms with Crippen molar-refractivity contribution in [3.8, 4) is 0 Å². The lowest BCUT2D eigenvalue weighted by atomic mass is 10.2. The van der Waals surface area contributed by atoms with Crippen LogP contribution >= 0.6 is 0 Å². The van der Waals surface area contributed by atoms with Crippen LogP contribution in [0.1, 0.15) is 13.8 Å². The second kappa shape index (κ2) is 6.89. The van der Waals surface area contributed by atoms with Crippen LogP contribution in [0.25, 0.3) is 0 Å². The number of carbonyl (C=O) groups is 2.